The predicted molar refractivity (Wildman–Crippen MR) is 74.6 cm³/mol. The van der Waals surface area contributed by atoms with E-state index in [0.29, 0.717) is 38.0 Å². The summed E-state index contributed by atoms with van der Waals surface area (Å²) in [6, 6.07) is 5.72. The second-order valence-electron chi connectivity index (χ2n) is 5.00. The minimum Gasteiger partial charge on any atom is -0.343 e. The summed E-state index contributed by atoms with van der Waals surface area (Å²) >= 11 is 0. The van der Waals surface area contributed by atoms with E-state index < -0.39 is 0 Å². The van der Waals surface area contributed by atoms with Crippen molar-refractivity contribution in [3.63, 3.8) is 0 Å². The van der Waals surface area contributed by atoms with Crippen molar-refractivity contribution in [2.24, 2.45) is 5.92 Å². The van der Waals surface area contributed by atoms with Gasteiger partial charge in [0.2, 0.25) is 11.8 Å². The van der Waals surface area contributed by atoms with Crippen LogP contribution in [0.4, 0.5) is 10.1 Å². The fourth-order valence-corrected chi connectivity index (χ4v) is 2.39. The first-order valence-electron chi connectivity index (χ1n) is 6.94. The van der Waals surface area contributed by atoms with Gasteiger partial charge < -0.3 is 10.2 Å². The van der Waals surface area contributed by atoms with Gasteiger partial charge in [-0.05, 0) is 37.1 Å². The Morgan fingerprint density at radius 3 is 2.40 bits per heavy atom. The van der Waals surface area contributed by atoms with Crippen LogP contribution >= 0.6 is 0 Å². The quantitative estimate of drug-likeness (QED) is 0.923. The molecule has 5 heteroatoms. The lowest BCUT2D eigenvalue weighted by Crippen LogP contribution is -2.41. The molecule has 0 unspecified atom stereocenters. The molecule has 0 saturated carbocycles. The van der Waals surface area contributed by atoms with Crippen molar-refractivity contribution in [2.45, 2.75) is 26.2 Å². The zero-order valence-corrected chi connectivity index (χ0v) is 11.6. The first-order chi connectivity index (χ1) is 9.60. The molecule has 1 aliphatic rings. The van der Waals surface area contributed by atoms with Gasteiger partial charge in [-0.2, -0.15) is 0 Å². The Hall–Kier alpha value is -1.91. The van der Waals surface area contributed by atoms with E-state index in [9.17, 15) is 14.0 Å². The molecule has 0 radical (unpaired) electrons. The first kappa shape index (κ1) is 14.5. The molecule has 0 atom stereocenters. The molecule has 1 aliphatic heterocycles. The van der Waals surface area contributed by atoms with E-state index in [1.54, 1.807) is 12.1 Å². The number of likely N-dealkylation sites (tertiary alicyclic amines) is 1. The van der Waals surface area contributed by atoms with E-state index in [1.165, 1.54) is 12.1 Å². The molecule has 1 aromatic rings. The van der Waals surface area contributed by atoms with Crippen LogP contribution in [0.3, 0.4) is 0 Å². The highest BCUT2D eigenvalue weighted by molar-refractivity contribution is 5.92. The van der Waals surface area contributed by atoms with Crippen molar-refractivity contribution in [3.8, 4) is 0 Å². The maximum atomic E-state index is 12.8. The molecule has 0 spiro atoms. The number of carbonyl (C=O) groups excluding carboxylic acids is 2. The van der Waals surface area contributed by atoms with Gasteiger partial charge in [-0.3, -0.25) is 9.59 Å². The van der Waals surface area contributed by atoms with Crippen molar-refractivity contribution < 1.29 is 14.0 Å². The van der Waals surface area contributed by atoms with Crippen LogP contribution in [0, 0.1) is 11.7 Å². The monoisotopic (exact) mass is 278 g/mol. The second-order valence-corrected chi connectivity index (χ2v) is 5.00. The van der Waals surface area contributed by atoms with Crippen LogP contribution in [0.15, 0.2) is 24.3 Å². The molecule has 0 aliphatic carbocycles. The lowest BCUT2D eigenvalue weighted by molar-refractivity contribution is -0.134. The van der Waals surface area contributed by atoms with Gasteiger partial charge in [0, 0.05) is 31.1 Å². The highest BCUT2D eigenvalue weighted by atomic mass is 19.1. The summed E-state index contributed by atoms with van der Waals surface area (Å²) in [6.45, 7) is 3.11. The van der Waals surface area contributed by atoms with Gasteiger partial charge in [0.05, 0.1) is 0 Å². The molecule has 0 aromatic heterocycles. The van der Waals surface area contributed by atoms with Gasteiger partial charge in [0.1, 0.15) is 5.82 Å². The summed E-state index contributed by atoms with van der Waals surface area (Å²) in [5, 5.41) is 2.79. The van der Waals surface area contributed by atoms with E-state index in [1.807, 2.05) is 11.8 Å². The van der Waals surface area contributed by atoms with E-state index in [-0.39, 0.29) is 23.5 Å². The van der Waals surface area contributed by atoms with Crippen LogP contribution in [0.5, 0.6) is 0 Å². The van der Waals surface area contributed by atoms with Crippen LogP contribution in [0.25, 0.3) is 0 Å². The van der Waals surface area contributed by atoms with Gasteiger partial charge in [0.25, 0.3) is 0 Å². The fourth-order valence-electron chi connectivity index (χ4n) is 2.39. The molecule has 2 amide bonds. The highest BCUT2D eigenvalue weighted by Crippen LogP contribution is 2.20. The Kier molecular flexibility index (Phi) is 4.71. The first-order valence-corrected chi connectivity index (χ1v) is 6.94. The fraction of sp³-hybridized carbons (Fsp3) is 0.467. The average molecular weight is 278 g/mol. The Morgan fingerprint density at radius 2 is 1.85 bits per heavy atom. The minimum absolute atomic E-state index is 0.0554. The molecule has 0 bridgehead atoms. The lowest BCUT2D eigenvalue weighted by Gasteiger charge is -2.31. The number of halogens is 1. The highest BCUT2D eigenvalue weighted by Gasteiger charge is 2.26. The summed E-state index contributed by atoms with van der Waals surface area (Å²) in [4.78, 5) is 25.5. The number of benzene rings is 1. The van der Waals surface area contributed by atoms with Gasteiger partial charge >= 0.3 is 0 Å². The molecule has 1 aromatic carbocycles. The van der Waals surface area contributed by atoms with E-state index in [2.05, 4.69) is 5.32 Å². The van der Waals surface area contributed by atoms with Crippen molar-refractivity contribution in [2.75, 3.05) is 18.4 Å². The van der Waals surface area contributed by atoms with Gasteiger partial charge in [0.15, 0.2) is 0 Å². The van der Waals surface area contributed by atoms with Crippen molar-refractivity contribution >= 4 is 17.5 Å². The van der Waals surface area contributed by atoms with Crippen molar-refractivity contribution in [3.05, 3.63) is 30.1 Å². The molecule has 1 fully saturated rings. The van der Waals surface area contributed by atoms with Crippen LogP contribution in [0.1, 0.15) is 26.2 Å². The third kappa shape index (κ3) is 3.56. The average Bonchev–Trinajstić information content (AvgIpc) is 2.49. The molecular weight excluding hydrogens is 259 g/mol. The number of piperidine rings is 1. The molecular formula is C15H19FN2O2. The number of nitrogens with zero attached hydrogens (tertiary/aromatic N) is 1. The topological polar surface area (TPSA) is 49.4 Å². The van der Waals surface area contributed by atoms with Crippen LogP contribution in [-0.2, 0) is 9.59 Å². The van der Waals surface area contributed by atoms with Crippen LogP contribution in [-0.4, -0.2) is 29.8 Å². The Bertz CT molecular complexity index is 479. The van der Waals surface area contributed by atoms with Crippen LogP contribution < -0.4 is 5.32 Å². The number of amides is 2. The zero-order chi connectivity index (χ0) is 14.5. The molecule has 2 rings (SSSR count). The Balaban J connectivity index is 1.85. The minimum atomic E-state index is -0.325. The number of rotatable bonds is 3. The summed E-state index contributed by atoms with van der Waals surface area (Å²) < 4.78 is 12.8. The molecule has 4 nitrogen and oxygen atoms in total. The molecule has 1 saturated heterocycles. The van der Waals surface area contributed by atoms with E-state index in [0.717, 1.165) is 0 Å². The van der Waals surface area contributed by atoms with E-state index in [4.69, 9.17) is 0 Å². The third-order valence-corrected chi connectivity index (χ3v) is 3.63. The third-order valence-electron chi connectivity index (χ3n) is 3.63. The number of nitrogens with one attached hydrogen (secondary N) is 1. The predicted octanol–water partition coefficient (Wildman–Crippen LogP) is 2.41. The summed E-state index contributed by atoms with van der Waals surface area (Å²) in [5.41, 5.74) is 0.600. The lowest BCUT2D eigenvalue weighted by atomic mass is 9.95. The molecule has 20 heavy (non-hydrogen) atoms. The number of carbonyl (C=O) groups is 2. The maximum Gasteiger partial charge on any atom is 0.227 e. The SMILES string of the molecule is CCC(=O)N1CCC(C(=O)Nc2ccc(F)cc2)CC1. The number of anilines is 1. The normalized spacial score (nSPS) is 16.0. The maximum absolute atomic E-state index is 12.8. The molecule has 1 N–H and O–H groups in total. The van der Waals surface area contributed by atoms with Gasteiger partial charge in [-0.1, -0.05) is 6.92 Å². The largest absolute Gasteiger partial charge is 0.343 e. The zero-order valence-electron chi connectivity index (χ0n) is 11.6. The Morgan fingerprint density at radius 1 is 1.25 bits per heavy atom. The smallest absolute Gasteiger partial charge is 0.227 e. The standard InChI is InChI=1S/C15H19FN2O2/c1-2-14(19)18-9-7-11(8-10-18)15(20)17-13-5-3-12(16)4-6-13/h3-6,11H,2,7-10H2,1H3,(H,17,20). The van der Waals surface area contributed by atoms with Crippen LogP contribution in [0.2, 0.25) is 0 Å². The second kappa shape index (κ2) is 6.50. The number of hydrogen-bond acceptors (Lipinski definition) is 2. The summed E-state index contributed by atoms with van der Waals surface area (Å²) in [5.74, 6) is -0.321. The summed E-state index contributed by atoms with van der Waals surface area (Å²) in [6.07, 6.45) is 1.87. The van der Waals surface area contributed by atoms with Crippen molar-refractivity contribution in [1.82, 2.24) is 4.90 Å². The Labute approximate surface area is 118 Å². The number of hydrogen-bond donors (Lipinski definition) is 1. The van der Waals surface area contributed by atoms with Crippen molar-refractivity contribution in [1.29, 1.82) is 0 Å². The summed E-state index contributed by atoms with van der Waals surface area (Å²) in [7, 11) is 0. The van der Waals surface area contributed by atoms with E-state index >= 15 is 0 Å². The molecule has 108 valence electrons. The van der Waals surface area contributed by atoms with Gasteiger partial charge in [-0.15, -0.1) is 0 Å². The van der Waals surface area contributed by atoms with Gasteiger partial charge in [-0.25, -0.2) is 4.39 Å². The molecule has 1 heterocycles.